The highest BCUT2D eigenvalue weighted by Gasteiger charge is 2.45. The smallest absolute Gasteiger partial charge is 0.315 e. The third-order valence-corrected chi connectivity index (χ3v) is 6.18. The van der Waals surface area contributed by atoms with E-state index in [1.807, 2.05) is 36.6 Å². The van der Waals surface area contributed by atoms with Gasteiger partial charge in [-0.15, -0.1) is 11.3 Å². The van der Waals surface area contributed by atoms with Crippen LogP contribution in [0.15, 0.2) is 56.6 Å². The Morgan fingerprint density at radius 2 is 2.19 bits per heavy atom. The van der Waals surface area contributed by atoms with Gasteiger partial charge in [0.05, 0.1) is 12.9 Å². The van der Waals surface area contributed by atoms with Crippen LogP contribution in [-0.4, -0.2) is 24.1 Å². The van der Waals surface area contributed by atoms with Crippen LogP contribution in [0.4, 0.5) is 0 Å². The van der Waals surface area contributed by atoms with Crippen molar-refractivity contribution in [3.05, 3.63) is 57.8 Å². The monoisotopic (exact) mass is 383 g/mol. The fraction of sp³-hybridized carbons (Fsp3) is 0.381. The molecule has 0 radical (unpaired) electrons. The first-order valence-electron chi connectivity index (χ1n) is 9.15. The van der Waals surface area contributed by atoms with Gasteiger partial charge in [-0.1, -0.05) is 6.07 Å². The zero-order valence-electron chi connectivity index (χ0n) is 15.3. The van der Waals surface area contributed by atoms with Gasteiger partial charge in [-0.25, -0.2) is 0 Å². The summed E-state index contributed by atoms with van der Waals surface area (Å²) in [6.45, 7) is 3.95. The molecule has 0 saturated heterocycles. The predicted molar refractivity (Wildman–Crippen MR) is 103 cm³/mol. The summed E-state index contributed by atoms with van der Waals surface area (Å²) in [7, 11) is 0. The third-order valence-electron chi connectivity index (χ3n) is 5.22. The molecule has 2 aliphatic rings. The summed E-state index contributed by atoms with van der Waals surface area (Å²) in [6.07, 6.45) is 2.64. The first kappa shape index (κ1) is 17.9. The van der Waals surface area contributed by atoms with Crippen LogP contribution >= 0.6 is 11.3 Å². The maximum absolute atomic E-state index is 13.2. The lowest BCUT2D eigenvalue weighted by atomic mass is 9.72. The normalized spacial score (nSPS) is 25.2. The Kier molecular flexibility index (Phi) is 4.83. The number of carbonyl (C=O) groups excluding carboxylic acids is 2. The molecule has 0 fully saturated rings. The zero-order valence-corrected chi connectivity index (χ0v) is 16.1. The van der Waals surface area contributed by atoms with E-state index in [4.69, 9.17) is 14.1 Å². The van der Waals surface area contributed by atoms with Crippen molar-refractivity contribution in [2.24, 2.45) is 10.9 Å². The minimum atomic E-state index is -0.550. The molecule has 4 rings (SSSR count). The first-order chi connectivity index (χ1) is 13.1. The van der Waals surface area contributed by atoms with Gasteiger partial charge in [0.2, 0.25) is 0 Å². The standard InChI is InChI=1S/C21H21NO4S/c1-3-25-21(24)18-12(2)22-14-10-13(16-6-4-8-26-16)11-15(23)19(14)20(18)17-7-5-9-27-17/h4-9,13,18,20H,3,10-11H2,1-2H3/t13-,18?,20+/m1/s1. The van der Waals surface area contributed by atoms with Crippen LogP contribution in [0.3, 0.4) is 0 Å². The fourth-order valence-corrected chi connectivity index (χ4v) is 4.97. The van der Waals surface area contributed by atoms with Gasteiger partial charge in [-0.2, -0.15) is 0 Å². The largest absolute Gasteiger partial charge is 0.469 e. The number of thiophene rings is 1. The molecular formula is C21H21NO4S. The van der Waals surface area contributed by atoms with Gasteiger partial charge in [-0.3, -0.25) is 14.6 Å². The Hall–Kier alpha value is -2.47. The summed E-state index contributed by atoms with van der Waals surface area (Å²) in [5.74, 6) is -0.340. The molecule has 0 saturated carbocycles. The van der Waals surface area contributed by atoms with Gasteiger partial charge >= 0.3 is 5.97 Å². The van der Waals surface area contributed by atoms with Crippen LogP contribution in [0, 0.1) is 5.92 Å². The molecule has 1 unspecified atom stereocenters. The summed E-state index contributed by atoms with van der Waals surface area (Å²) in [4.78, 5) is 31.6. The third kappa shape index (κ3) is 3.18. The number of nitrogens with zero attached hydrogens (tertiary/aromatic N) is 1. The quantitative estimate of drug-likeness (QED) is 0.730. The van der Waals surface area contributed by atoms with Crippen molar-refractivity contribution < 1.29 is 18.7 Å². The molecule has 0 N–H and O–H groups in total. The second-order valence-electron chi connectivity index (χ2n) is 6.88. The molecule has 2 aromatic rings. The molecule has 1 aliphatic heterocycles. The molecule has 2 aromatic heterocycles. The molecule has 6 heteroatoms. The molecular weight excluding hydrogens is 362 g/mol. The number of hydrogen-bond acceptors (Lipinski definition) is 6. The van der Waals surface area contributed by atoms with Crippen LogP contribution in [0.25, 0.3) is 0 Å². The average Bonchev–Trinajstić information content (AvgIpc) is 3.34. The topological polar surface area (TPSA) is 68.9 Å². The lowest BCUT2D eigenvalue weighted by Gasteiger charge is -2.35. The van der Waals surface area contributed by atoms with E-state index in [1.54, 1.807) is 24.5 Å². The van der Waals surface area contributed by atoms with E-state index >= 15 is 0 Å². The number of hydrogen-bond donors (Lipinski definition) is 0. The second kappa shape index (κ2) is 7.27. The van der Waals surface area contributed by atoms with Crippen LogP contribution in [0.5, 0.6) is 0 Å². The van der Waals surface area contributed by atoms with E-state index in [9.17, 15) is 9.59 Å². The zero-order chi connectivity index (χ0) is 19.0. The van der Waals surface area contributed by atoms with Crippen molar-refractivity contribution >= 4 is 28.8 Å². The SMILES string of the molecule is CCOC(=O)C1C(C)=NC2=C(C(=O)C[C@H](c3ccco3)C2)[C@H]1c1cccs1. The lowest BCUT2D eigenvalue weighted by molar-refractivity contribution is -0.146. The molecule has 0 aromatic carbocycles. The Balaban J connectivity index is 1.78. The Morgan fingerprint density at radius 1 is 1.33 bits per heavy atom. The summed E-state index contributed by atoms with van der Waals surface area (Å²) >= 11 is 1.56. The van der Waals surface area contributed by atoms with Gasteiger partial charge in [0, 0.05) is 46.5 Å². The van der Waals surface area contributed by atoms with Gasteiger partial charge in [0.15, 0.2) is 5.78 Å². The molecule has 3 heterocycles. The molecule has 140 valence electrons. The summed E-state index contributed by atoms with van der Waals surface area (Å²) in [6, 6.07) is 7.67. The molecule has 27 heavy (non-hydrogen) atoms. The molecule has 1 aliphatic carbocycles. The van der Waals surface area contributed by atoms with Crippen LogP contribution in [0.2, 0.25) is 0 Å². The van der Waals surface area contributed by atoms with E-state index in [-0.39, 0.29) is 23.6 Å². The maximum Gasteiger partial charge on any atom is 0.315 e. The summed E-state index contributed by atoms with van der Waals surface area (Å²) in [5.41, 5.74) is 2.16. The molecule has 5 nitrogen and oxygen atoms in total. The highest BCUT2D eigenvalue weighted by molar-refractivity contribution is 7.10. The number of rotatable bonds is 4. The van der Waals surface area contributed by atoms with E-state index in [2.05, 4.69) is 0 Å². The predicted octanol–water partition coefficient (Wildman–Crippen LogP) is 4.48. The van der Waals surface area contributed by atoms with Crippen LogP contribution in [-0.2, 0) is 14.3 Å². The number of esters is 1. The van der Waals surface area contributed by atoms with Crippen LogP contribution < -0.4 is 0 Å². The maximum atomic E-state index is 13.2. The summed E-state index contributed by atoms with van der Waals surface area (Å²) in [5, 5.41) is 1.97. The molecule has 3 atom stereocenters. The Morgan fingerprint density at radius 3 is 2.85 bits per heavy atom. The number of ketones is 1. The number of carbonyl (C=O) groups is 2. The highest BCUT2D eigenvalue weighted by Crippen LogP contribution is 2.47. The van der Waals surface area contributed by atoms with Gasteiger partial charge in [0.25, 0.3) is 0 Å². The fourth-order valence-electron chi connectivity index (χ4n) is 4.10. The van der Waals surface area contributed by atoms with E-state index in [1.165, 1.54) is 0 Å². The second-order valence-corrected chi connectivity index (χ2v) is 7.86. The molecule has 0 amide bonds. The van der Waals surface area contributed by atoms with Gasteiger partial charge in [0.1, 0.15) is 11.7 Å². The van der Waals surface area contributed by atoms with Crippen molar-refractivity contribution in [1.82, 2.24) is 0 Å². The van der Waals surface area contributed by atoms with Crippen LogP contribution in [0.1, 0.15) is 49.2 Å². The van der Waals surface area contributed by atoms with E-state index < -0.39 is 5.92 Å². The number of Topliss-reactive ketones (excluding diaryl/α,β-unsaturated/α-hetero) is 1. The Labute approximate surface area is 161 Å². The van der Waals surface area contributed by atoms with Crippen molar-refractivity contribution in [2.45, 2.75) is 38.5 Å². The first-order valence-corrected chi connectivity index (χ1v) is 10.0. The van der Waals surface area contributed by atoms with Gasteiger partial charge < -0.3 is 9.15 Å². The highest BCUT2D eigenvalue weighted by atomic mass is 32.1. The summed E-state index contributed by atoms with van der Waals surface area (Å²) < 4.78 is 10.8. The van der Waals surface area contributed by atoms with Gasteiger partial charge in [-0.05, 0) is 37.4 Å². The minimum Gasteiger partial charge on any atom is -0.469 e. The average molecular weight is 383 g/mol. The van der Waals surface area contributed by atoms with Crippen molar-refractivity contribution in [2.75, 3.05) is 6.61 Å². The molecule has 0 bridgehead atoms. The van der Waals surface area contributed by atoms with E-state index in [0.717, 1.165) is 16.3 Å². The lowest BCUT2D eigenvalue weighted by Crippen LogP contribution is -2.37. The molecule has 0 spiro atoms. The van der Waals surface area contributed by atoms with Crippen molar-refractivity contribution in [3.63, 3.8) is 0 Å². The minimum absolute atomic E-state index is 0.00840. The Bertz CT molecular complexity index is 908. The number of aliphatic imine (C=N–C) groups is 1. The van der Waals surface area contributed by atoms with E-state index in [0.29, 0.717) is 30.7 Å². The number of ether oxygens (including phenoxy) is 1. The van der Waals surface area contributed by atoms with Crippen molar-refractivity contribution in [1.29, 1.82) is 0 Å². The number of furan rings is 1. The number of allylic oxidation sites excluding steroid dienone is 2. The van der Waals surface area contributed by atoms with Crippen molar-refractivity contribution in [3.8, 4) is 0 Å².